The standard InChI is InChI=1S/C19H23N3O2S2/c1-11-13(10-12-8-6-5-7-9-12)26-16(14(11)15(20)23)21-18(25)22-17(24)19(2,3)4/h5-9H,10H2,1-4H3,(H2,20,23)(H2,21,22,24,25). The van der Waals surface area contributed by atoms with Gasteiger partial charge in [0, 0.05) is 16.7 Å². The van der Waals surface area contributed by atoms with Crippen molar-refractivity contribution in [1.82, 2.24) is 5.32 Å². The van der Waals surface area contributed by atoms with E-state index in [9.17, 15) is 9.59 Å². The fraction of sp³-hybridized carbons (Fsp3) is 0.316. The van der Waals surface area contributed by atoms with Crippen LogP contribution in [0.2, 0.25) is 0 Å². The number of rotatable bonds is 4. The van der Waals surface area contributed by atoms with Gasteiger partial charge in [-0.3, -0.25) is 9.59 Å². The van der Waals surface area contributed by atoms with Crippen molar-refractivity contribution in [1.29, 1.82) is 0 Å². The quantitative estimate of drug-likeness (QED) is 0.698. The smallest absolute Gasteiger partial charge is 0.251 e. The first kappa shape index (κ1) is 20.1. The highest BCUT2D eigenvalue weighted by Gasteiger charge is 2.24. The molecule has 0 fully saturated rings. The lowest BCUT2D eigenvalue weighted by atomic mass is 9.96. The summed E-state index contributed by atoms with van der Waals surface area (Å²) >= 11 is 6.64. The van der Waals surface area contributed by atoms with Crippen molar-refractivity contribution in [2.75, 3.05) is 5.32 Å². The Kier molecular flexibility index (Phi) is 6.15. The van der Waals surface area contributed by atoms with Crippen molar-refractivity contribution in [2.45, 2.75) is 34.1 Å². The van der Waals surface area contributed by atoms with Gasteiger partial charge in [0.05, 0.1) is 5.56 Å². The zero-order valence-corrected chi connectivity index (χ0v) is 16.9. The summed E-state index contributed by atoms with van der Waals surface area (Å²) in [5.41, 5.74) is 7.38. The molecule has 26 heavy (non-hydrogen) atoms. The molecular formula is C19H23N3O2S2. The van der Waals surface area contributed by atoms with Gasteiger partial charge in [0.2, 0.25) is 5.91 Å². The highest BCUT2D eigenvalue weighted by atomic mass is 32.1. The second-order valence-corrected chi connectivity index (χ2v) is 8.55. The van der Waals surface area contributed by atoms with Gasteiger partial charge in [0.25, 0.3) is 5.91 Å². The van der Waals surface area contributed by atoms with E-state index in [2.05, 4.69) is 10.6 Å². The minimum absolute atomic E-state index is 0.153. The third-order valence-electron chi connectivity index (χ3n) is 3.83. The van der Waals surface area contributed by atoms with E-state index in [1.54, 1.807) is 20.8 Å². The average Bonchev–Trinajstić information content (AvgIpc) is 2.82. The first-order valence-electron chi connectivity index (χ1n) is 8.18. The number of carbonyl (C=O) groups is 2. The molecule has 2 rings (SSSR count). The molecule has 0 aliphatic rings. The van der Waals surface area contributed by atoms with E-state index in [0.29, 0.717) is 17.0 Å². The number of hydrogen-bond donors (Lipinski definition) is 3. The molecule has 0 atom stereocenters. The minimum Gasteiger partial charge on any atom is -0.365 e. The van der Waals surface area contributed by atoms with Gasteiger partial charge in [-0.15, -0.1) is 11.3 Å². The Bertz CT molecular complexity index is 836. The first-order valence-corrected chi connectivity index (χ1v) is 9.40. The first-order chi connectivity index (χ1) is 12.1. The van der Waals surface area contributed by atoms with E-state index < -0.39 is 11.3 Å². The normalized spacial score (nSPS) is 11.1. The molecule has 1 aromatic heterocycles. The lowest BCUT2D eigenvalue weighted by Gasteiger charge is -2.18. The predicted molar refractivity (Wildman–Crippen MR) is 111 cm³/mol. The molecule has 0 spiro atoms. The van der Waals surface area contributed by atoms with Crippen LogP contribution >= 0.6 is 23.6 Å². The van der Waals surface area contributed by atoms with Gasteiger partial charge in [-0.2, -0.15) is 0 Å². The third-order valence-corrected chi connectivity index (χ3v) is 5.25. The average molecular weight is 390 g/mol. The molecule has 1 heterocycles. The Morgan fingerprint density at radius 1 is 1.19 bits per heavy atom. The maximum absolute atomic E-state index is 12.1. The molecule has 0 aliphatic heterocycles. The van der Waals surface area contributed by atoms with Gasteiger partial charge in [0.1, 0.15) is 5.00 Å². The molecule has 5 nitrogen and oxygen atoms in total. The molecular weight excluding hydrogens is 366 g/mol. The van der Waals surface area contributed by atoms with E-state index in [0.717, 1.165) is 16.0 Å². The van der Waals surface area contributed by atoms with Gasteiger partial charge in [-0.05, 0) is 30.3 Å². The summed E-state index contributed by atoms with van der Waals surface area (Å²) in [6.07, 6.45) is 0.695. The molecule has 1 aromatic carbocycles. The number of nitrogens with two attached hydrogens (primary N) is 1. The van der Waals surface area contributed by atoms with Crippen LogP contribution < -0.4 is 16.4 Å². The lowest BCUT2D eigenvalue weighted by molar-refractivity contribution is -0.126. The van der Waals surface area contributed by atoms with Crippen molar-refractivity contribution in [3.63, 3.8) is 0 Å². The van der Waals surface area contributed by atoms with Crippen LogP contribution in [0, 0.1) is 12.3 Å². The number of benzene rings is 1. The molecule has 138 valence electrons. The number of amides is 2. The Morgan fingerprint density at radius 3 is 2.35 bits per heavy atom. The molecule has 2 amide bonds. The summed E-state index contributed by atoms with van der Waals surface area (Å²) in [5.74, 6) is -0.723. The maximum Gasteiger partial charge on any atom is 0.251 e. The van der Waals surface area contributed by atoms with Crippen LogP contribution in [0.1, 0.15) is 47.1 Å². The number of thiophene rings is 1. The molecule has 0 saturated heterocycles. The van der Waals surface area contributed by atoms with E-state index in [1.165, 1.54) is 11.3 Å². The number of hydrogen-bond acceptors (Lipinski definition) is 4. The van der Waals surface area contributed by atoms with Gasteiger partial charge in [0.15, 0.2) is 5.11 Å². The van der Waals surface area contributed by atoms with Crippen LogP contribution in [-0.4, -0.2) is 16.9 Å². The van der Waals surface area contributed by atoms with Crippen LogP contribution in [0.25, 0.3) is 0 Å². The molecule has 0 unspecified atom stereocenters. The summed E-state index contributed by atoms with van der Waals surface area (Å²) in [4.78, 5) is 25.0. The third kappa shape index (κ3) is 4.89. The summed E-state index contributed by atoms with van der Waals surface area (Å²) in [5, 5.41) is 6.32. The highest BCUT2D eigenvalue weighted by Crippen LogP contribution is 2.34. The second-order valence-electron chi connectivity index (χ2n) is 7.04. The van der Waals surface area contributed by atoms with Crippen LogP contribution in [0.3, 0.4) is 0 Å². The zero-order chi connectivity index (χ0) is 19.5. The Balaban J connectivity index is 2.25. The second kappa shape index (κ2) is 7.97. The number of anilines is 1. The monoisotopic (exact) mass is 389 g/mol. The van der Waals surface area contributed by atoms with Gasteiger partial charge < -0.3 is 16.4 Å². The predicted octanol–water partition coefficient (Wildman–Crippen LogP) is 3.61. The molecule has 0 radical (unpaired) electrons. The molecule has 7 heteroatoms. The largest absolute Gasteiger partial charge is 0.365 e. The lowest BCUT2D eigenvalue weighted by Crippen LogP contribution is -2.41. The van der Waals surface area contributed by atoms with Crippen molar-refractivity contribution in [3.8, 4) is 0 Å². The fourth-order valence-corrected chi connectivity index (χ4v) is 3.83. The summed E-state index contributed by atoms with van der Waals surface area (Å²) in [7, 11) is 0. The number of nitrogens with one attached hydrogen (secondary N) is 2. The Morgan fingerprint density at radius 2 is 1.81 bits per heavy atom. The van der Waals surface area contributed by atoms with Crippen LogP contribution in [0.5, 0.6) is 0 Å². The highest BCUT2D eigenvalue weighted by molar-refractivity contribution is 7.80. The van der Waals surface area contributed by atoms with Gasteiger partial charge >= 0.3 is 0 Å². The van der Waals surface area contributed by atoms with Crippen molar-refractivity contribution < 1.29 is 9.59 Å². The fourth-order valence-electron chi connectivity index (χ4n) is 2.32. The van der Waals surface area contributed by atoms with Crippen LogP contribution in [0.15, 0.2) is 30.3 Å². The van der Waals surface area contributed by atoms with E-state index in [4.69, 9.17) is 18.0 Å². The van der Waals surface area contributed by atoms with E-state index in [1.807, 2.05) is 37.3 Å². The molecule has 2 aromatic rings. The minimum atomic E-state index is -0.567. The van der Waals surface area contributed by atoms with Crippen molar-refractivity contribution >= 4 is 45.5 Å². The Labute approximate surface area is 163 Å². The molecule has 4 N–H and O–H groups in total. The zero-order valence-electron chi connectivity index (χ0n) is 15.3. The van der Waals surface area contributed by atoms with Crippen LogP contribution in [-0.2, 0) is 11.2 Å². The van der Waals surface area contributed by atoms with Gasteiger partial charge in [-0.25, -0.2) is 0 Å². The summed E-state index contributed by atoms with van der Waals surface area (Å²) in [6.45, 7) is 7.27. The summed E-state index contributed by atoms with van der Waals surface area (Å²) < 4.78 is 0. The SMILES string of the molecule is Cc1c(Cc2ccccc2)sc(NC(=S)NC(=O)C(C)(C)C)c1C(N)=O. The number of primary amides is 1. The molecule has 0 aliphatic carbocycles. The maximum atomic E-state index is 12.1. The Hall–Kier alpha value is -2.25. The molecule has 0 saturated carbocycles. The molecule has 0 bridgehead atoms. The number of thiocarbonyl (C=S) groups is 1. The van der Waals surface area contributed by atoms with Crippen molar-refractivity contribution in [2.24, 2.45) is 11.1 Å². The van der Waals surface area contributed by atoms with E-state index >= 15 is 0 Å². The number of carbonyl (C=O) groups excluding carboxylic acids is 2. The van der Waals surface area contributed by atoms with Gasteiger partial charge in [-0.1, -0.05) is 51.1 Å². The summed E-state index contributed by atoms with van der Waals surface area (Å²) in [6, 6.07) is 9.98. The van der Waals surface area contributed by atoms with Crippen LogP contribution in [0.4, 0.5) is 5.00 Å². The van der Waals surface area contributed by atoms with Crippen molar-refractivity contribution in [3.05, 3.63) is 51.9 Å². The topological polar surface area (TPSA) is 84.2 Å². The van der Waals surface area contributed by atoms with E-state index in [-0.39, 0.29) is 11.0 Å².